The maximum absolute atomic E-state index is 12.7. The van der Waals surface area contributed by atoms with Crippen molar-refractivity contribution in [3.05, 3.63) is 61.9 Å². The Labute approximate surface area is 156 Å². The van der Waals surface area contributed by atoms with Gasteiger partial charge in [-0.15, -0.1) is 0 Å². The monoisotopic (exact) mass is 368 g/mol. The summed E-state index contributed by atoms with van der Waals surface area (Å²) in [6, 6.07) is 7.65. The Hall–Kier alpha value is -2.80. The van der Waals surface area contributed by atoms with E-state index < -0.39 is 17.3 Å². The number of aromatic amines is 2. The molecule has 1 unspecified atom stereocenters. The Morgan fingerprint density at radius 1 is 1.19 bits per heavy atom. The molecule has 2 aromatic heterocycles. The van der Waals surface area contributed by atoms with Crippen molar-refractivity contribution in [3.8, 4) is 5.88 Å². The Balaban J connectivity index is 1.99. The molecule has 27 heavy (non-hydrogen) atoms. The van der Waals surface area contributed by atoms with E-state index >= 15 is 0 Å². The van der Waals surface area contributed by atoms with Crippen LogP contribution in [-0.4, -0.2) is 37.6 Å². The third-order valence-corrected chi connectivity index (χ3v) is 5.47. The van der Waals surface area contributed by atoms with Crippen LogP contribution in [-0.2, 0) is 13.0 Å². The minimum Gasteiger partial charge on any atom is -0.494 e. The molecule has 0 bridgehead atoms. The number of para-hydroxylation sites is 1. The van der Waals surface area contributed by atoms with Crippen LogP contribution in [0, 0.1) is 0 Å². The lowest BCUT2D eigenvalue weighted by atomic mass is 9.93. The number of fused-ring (bicyclic) bond motifs is 3. The number of likely N-dealkylation sites (N-methyl/N-ethyl adjacent to an activating group) is 1. The summed E-state index contributed by atoms with van der Waals surface area (Å²) in [5.41, 5.74) is 2.25. The van der Waals surface area contributed by atoms with Crippen molar-refractivity contribution >= 4 is 10.9 Å². The lowest BCUT2D eigenvalue weighted by Gasteiger charge is -2.35. The number of aromatic hydroxyl groups is 1. The predicted molar refractivity (Wildman–Crippen MR) is 104 cm³/mol. The Bertz CT molecular complexity index is 1110. The van der Waals surface area contributed by atoms with E-state index in [9.17, 15) is 14.7 Å². The summed E-state index contributed by atoms with van der Waals surface area (Å²) in [5, 5.41) is 12.0. The van der Waals surface area contributed by atoms with Crippen molar-refractivity contribution in [2.45, 2.75) is 39.3 Å². The van der Waals surface area contributed by atoms with Crippen LogP contribution in [0.5, 0.6) is 5.88 Å². The van der Waals surface area contributed by atoms with Crippen molar-refractivity contribution in [1.29, 1.82) is 0 Å². The van der Waals surface area contributed by atoms with Crippen LogP contribution < -0.4 is 11.2 Å². The molecule has 3 N–H and O–H groups in total. The third-order valence-electron chi connectivity index (χ3n) is 5.47. The van der Waals surface area contributed by atoms with Crippen LogP contribution >= 0.6 is 0 Å². The van der Waals surface area contributed by atoms with Gasteiger partial charge in [-0.25, -0.2) is 4.79 Å². The molecule has 0 saturated heterocycles. The maximum atomic E-state index is 12.7. The molecule has 0 fully saturated rings. The molecule has 7 heteroatoms. The van der Waals surface area contributed by atoms with Gasteiger partial charge >= 0.3 is 5.69 Å². The molecule has 0 saturated carbocycles. The number of benzene rings is 1. The molecule has 1 atom stereocenters. The van der Waals surface area contributed by atoms with E-state index in [4.69, 9.17) is 0 Å². The molecule has 1 aliphatic rings. The topological polar surface area (TPSA) is 94.1 Å². The van der Waals surface area contributed by atoms with E-state index in [1.165, 1.54) is 10.1 Å². The Morgan fingerprint density at radius 3 is 2.70 bits per heavy atom. The van der Waals surface area contributed by atoms with Crippen LogP contribution in [0.4, 0.5) is 0 Å². The fourth-order valence-electron chi connectivity index (χ4n) is 4.21. The van der Waals surface area contributed by atoms with E-state index in [0.29, 0.717) is 13.0 Å². The van der Waals surface area contributed by atoms with E-state index in [1.54, 1.807) is 0 Å². The quantitative estimate of drug-likeness (QED) is 0.657. The summed E-state index contributed by atoms with van der Waals surface area (Å²) in [6.07, 6.45) is 1.55. The molecule has 7 nitrogen and oxygen atoms in total. The van der Waals surface area contributed by atoms with Crippen LogP contribution in [0.15, 0.2) is 33.9 Å². The molecule has 1 aromatic carbocycles. The average Bonchev–Trinajstić information content (AvgIpc) is 3.04. The highest BCUT2D eigenvalue weighted by molar-refractivity contribution is 5.85. The largest absolute Gasteiger partial charge is 0.494 e. The first-order valence-corrected chi connectivity index (χ1v) is 9.46. The summed E-state index contributed by atoms with van der Waals surface area (Å²) >= 11 is 0. The molecule has 0 amide bonds. The fraction of sp³-hybridized carbons (Fsp3) is 0.400. The summed E-state index contributed by atoms with van der Waals surface area (Å²) in [7, 11) is 0. The van der Waals surface area contributed by atoms with Crippen molar-refractivity contribution in [3.63, 3.8) is 0 Å². The highest BCUT2D eigenvalue weighted by atomic mass is 16.3. The molecule has 4 rings (SSSR count). The minimum atomic E-state index is -0.571. The number of rotatable bonds is 4. The van der Waals surface area contributed by atoms with Gasteiger partial charge in [-0.05, 0) is 31.0 Å². The lowest BCUT2D eigenvalue weighted by Crippen LogP contribution is -2.41. The van der Waals surface area contributed by atoms with Crippen molar-refractivity contribution in [1.82, 2.24) is 19.4 Å². The molecule has 0 spiro atoms. The molecule has 1 aliphatic heterocycles. The zero-order valence-electron chi connectivity index (χ0n) is 15.6. The first-order chi connectivity index (χ1) is 13.1. The first-order valence-electron chi connectivity index (χ1n) is 9.46. The second kappa shape index (κ2) is 6.74. The predicted octanol–water partition coefficient (Wildman–Crippen LogP) is 2.10. The van der Waals surface area contributed by atoms with E-state index in [1.807, 2.05) is 32.0 Å². The zero-order chi connectivity index (χ0) is 19.1. The summed E-state index contributed by atoms with van der Waals surface area (Å²) in [5.74, 6) is -0.236. The van der Waals surface area contributed by atoms with E-state index in [2.05, 4.69) is 20.9 Å². The van der Waals surface area contributed by atoms with Gasteiger partial charge in [0, 0.05) is 29.7 Å². The normalized spacial score (nSPS) is 17.3. The number of nitrogens with zero attached hydrogens (tertiary/aromatic N) is 2. The van der Waals surface area contributed by atoms with E-state index in [0.717, 1.165) is 36.1 Å². The van der Waals surface area contributed by atoms with Gasteiger partial charge < -0.3 is 10.1 Å². The standard InChI is InChI=1S/C20H24N4O3/c1-3-10-24-19(26)15(18(25)22-20(24)27)17-16-13(9-11-23(17)4-2)12-7-5-6-8-14(12)21-16/h5-8,17,21,26H,3-4,9-11H2,1-2H3,(H,22,25,27). The lowest BCUT2D eigenvalue weighted by molar-refractivity contribution is 0.214. The summed E-state index contributed by atoms with van der Waals surface area (Å²) in [6.45, 7) is 5.82. The van der Waals surface area contributed by atoms with Crippen LogP contribution in [0.3, 0.4) is 0 Å². The number of H-pyrrole nitrogens is 2. The number of hydrogen-bond acceptors (Lipinski definition) is 4. The van der Waals surface area contributed by atoms with Crippen molar-refractivity contribution in [2.75, 3.05) is 13.1 Å². The van der Waals surface area contributed by atoms with Crippen LogP contribution in [0.1, 0.15) is 43.1 Å². The van der Waals surface area contributed by atoms with Gasteiger partial charge in [-0.2, -0.15) is 0 Å². The first kappa shape index (κ1) is 17.6. The third kappa shape index (κ3) is 2.70. The van der Waals surface area contributed by atoms with Gasteiger partial charge in [0.05, 0.1) is 6.04 Å². The van der Waals surface area contributed by atoms with Gasteiger partial charge in [-0.1, -0.05) is 32.0 Å². The van der Waals surface area contributed by atoms with Gasteiger partial charge in [0.1, 0.15) is 5.56 Å². The SMILES string of the molecule is CCCn1c(O)c(C2c3[nH]c4ccccc4c3CCN2CC)c(=O)[nH]c1=O. The number of aromatic nitrogens is 3. The molecule has 3 heterocycles. The second-order valence-electron chi connectivity index (χ2n) is 6.99. The fourth-order valence-corrected chi connectivity index (χ4v) is 4.21. The van der Waals surface area contributed by atoms with Crippen molar-refractivity contribution in [2.24, 2.45) is 0 Å². The van der Waals surface area contributed by atoms with Gasteiger partial charge in [0.25, 0.3) is 5.56 Å². The molecule has 0 aliphatic carbocycles. The van der Waals surface area contributed by atoms with Gasteiger partial charge in [0.2, 0.25) is 5.88 Å². The highest BCUT2D eigenvalue weighted by Crippen LogP contribution is 2.39. The molecular formula is C20H24N4O3. The van der Waals surface area contributed by atoms with Gasteiger partial charge in [0.15, 0.2) is 0 Å². The smallest absolute Gasteiger partial charge is 0.331 e. The average molecular weight is 368 g/mol. The number of nitrogens with one attached hydrogen (secondary N) is 2. The Kier molecular flexibility index (Phi) is 4.39. The zero-order valence-corrected chi connectivity index (χ0v) is 15.6. The summed E-state index contributed by atoms with van der Waals surface area (Å²) < 4.78 is 1.25. The molecule has 0 radical (unpaired) electrons. The molecular weight excluding hydrogens is 344 g/mol. The van der Waals surface area contributed by atoms with Gasteiger partial charge in [-0.3, -0.25) is 19.2 Å². The van der Waals surface area contributed by atoms with E-state index in [-0.39, 0.29) is 11.4 Å². The molecule has 142 valence electrons. The minimum absolute atomic E-state index is 0.234. The second-order valence-corrected chi connectivity index (χ2v) is 6.99. The van der Waals surface area contributed by atoms with Crippen LogP contribution in [0.25, 0.3) is 10.9 Å². The maximum Gasteiger partial charge on any atom is 0.331 e. The summed E-state index contributed by atoms with van der Waals surface area (Å²) in [4.78, 5) is 32.9. The van der Waals surface area contributed by atoms with Crippen molar-refractivity contribution < 1.29 is 5.11 Å². The number of hydrogen-bond donors (Lipinski definition) is 3. The highest BCUT2D eigenvalue weighted by Gasteiger charge is 2.35. The Morgan fingerprint density at radius 2 is 1.96 bits per heavy atom. The van der Waals surface area contributed by atoms with Crippen LogP contribution in [0.2, 0.25) is 0 Å². The molecule has 3 aromatic rings.